The van der Waals surface area contributed by atoms with Crippen molar-refractivity contribution in [1.82, 2.24) is 9.78 Å². The summed E-state index contributed by atoms with van der Waals surface area (Å²) in [6.07, 6.45) is 0. The lowest BCUT2D eigenvalue weighted by molar-refractivity contribution is 0.475. The minimum absolute atomic E-state index is 0.170. The van der Waals surface area contributed by atoms with E-state index in [9.17, 15) is 5.11 Å². The number of phenolic OH excluding ortho intramolecular Hbond substituents is 1. The first-order chi connectivity index (χ1) is 10.5. The molecule has 2 aromatic carbocycles. The van der Waals surface area contributed by atoms with Gasteiger partial charge in [0.25, 0.3) is 0 Å². The monoisotopic (exact) mass is 371 g/mol. The molecule has 8 heteroatoms. The lowest BCUT2D eigenvalue weighted by Gasteiger charge is -2.07. The van der Waals surface area contributed by atoms with Crippen LogP contribution in [0.4, 0.5) is 0 Å². The summed E-state index contributed by atoms with van der Waals surface area (Å²) in [6, 6.07) is 9.68. The Morgan fingerprint density at radius 1 is 1.05 bits per heavy atom. The maximum atomic E-state index is 9.33. The van der Waals surface area contributed by atoms with Gasteiger partial charge in [-0.05, 0) is 36.4 Å². The second-order valence-corrected chi connectivity index (χ2v) is 6.62. The van der Waals surface area contributed by atoms with Gasteiger partial charge in [0.1, 0.15) is 16.4 Å². The van der Waals surface area contributed by atoms with Crippen LogP contribution in [0.15, 0.2) is 36.4 Å². The molecule has 0 saturated heterocycles. The van der Waals surface area contributed by atoms with Crippen LogP contribution in [0.2, 0.25) is 15.1 Å². The van der Waals surface area contributed by atoms with Crippen molar-refractivity contribution in [2.75, 3.05) is 0 Å². The number of hydrogen-bond donors (Lipinski definition) is 2. The summed E-state index contributed by atoms with van der Waals surface area (Å²) in [6.45, 7) is 0. The smallest absolute Gasteiger partial charge is 0.205 e. The second kappa shape index (κ2) is 5.93. The zero-order valence-electron chi connectivity index (χ0n) is 10.8. The van der Waals surface area contributed by atoms with Crippen LogP contribution in [0.5, 0.6) is 5.75 Å². The van der Waals surface area contributed by atoms with Gasteiger partial charge in [0.2, 0.25) is 4.80 Å². The molecule has 0 atom stereocenters. The normalized spacial score (nSPS) is 10.9. The molecule has 0 bridgehead atoms. The first-order valence-electron chi connectivity index (χ1n) is 6.05. The molecule has 0 fully saturated rings. The number of aromatic hydroxyl groups is 1. The highest BCUT2D eigenvalue weighted by molar-refractivity contribution is 7.12. The van der Waals surface area contributed by atoms with E-state index >= 15 is 0 Å². The Bertz CT molecular complexity index is 879. The van der Waals surface area contributed by atoms with Gasteiger partial charge in [0.05, 0.1) is 10.0 Å². The highest BCUT2D eigenvalue weighted by Crippen LogP contribution is 2.32. The third kappa shape index (κ3) is 2.85. The minimum atomic E-state index is 0.170. The van der Waals surface area contributed by atoms with Gasteiger partial charge in [-0.25, -0.2) is 4.68 Å². The number of hydrogen-bond acceptors (Lipinski definition) is 4. The van der Waals surface area contributed by atoms with Gasteiger partial charge in [-0.2, -0.15) is 5.10 Å². The largest absolute Gasteiger partial charge is 0.508 e. The number of rotatable bonds is 2. The molecule has 0 saturated carbocycles. The Morgan fingerprint density at radius 3 is 2.23 bits per heavy atom. The highest BCUT2D eigenvalue weighted by Gasteiger charge is 2.15. The molecule has 3 aromatic rings. The Morgan fingerprint density at radius 2 is 1.64 bits per heavy atom. The fraction of sp³-hybridized carbons (Fsp3) is 0. The van der Waals surface area contributed by atoms with Gasteiger partial charge in [0, 0.05) is 10.6 Å². The topological polar surface area (TPSA) is 61.9 Å². The lowest BCUT2D eigenvalue weighted by atomic mass is 10.2. The van der Waals surface area contributed by atoms with E-state index in [-0.39, 0.29) is 10.6 Å². The third-order valence-corrected chi connectivity index (χ3v) is 4.56. The summed E-state index contributed by atoms with van der Waals surface area (Å²) < 4.78 is 1.37. The summed E-state index contributed by atoms with van der Waals surface area (Å²) in [4.78, 5) is 0.175. The van der Waals surface area contributed by atoms with E-state index in [4.69, 9.17) is 40.2 Å². The zero-order valence-corrected chi connectivity index (χ0v) is 13.9. The number of halogens is 3. The van der Waals surface area contributed by atoms with Crippen LogP contribution in [0.3, 0.4) is 0 Å². The summed E-state index contributed by atoms with van der Waals surface area (Å²) >= 11 is 19.4. The van der Waals surface area contributed by atoms with E-state index in [1.807, 2.05) is 0 Å². The van der Waals surface area contributed by atoms with Crippen LogP contribution in [0.25, 0.3) is 16.3 Å². The Kier molecular flexibility index (Phi) is 4.14. The van der Waals surface area contributed by atoms with Crippen molar-refractivity contribution in [2.24, 2.45) is 0 Å². The average Bonchev–Trinajstić information content (AvgIpc) is 2.80. The van der Waals surface area contributed by atoms with Crippen molar-refractivity contribution < 1.29 is 5.11 Å². The fourth-order valence-corrected chi connectivity index (χ4v) is 3.66. The Balaban J connectivity index is 2.15. The highest BCUT2D eigenvalue weighted by atomic mass is 35.5. The molecule has 0 amide bonds. The molecule has 22 heavy (non-hydrogen) atoms. The summed E-state index contributed by atoms with van der Waals surface area (Å²) in [5, 5.41) is 23.5. The van der Waals surface area contributed by atoms with Crippen molar-refractivity contribution in [3.8, 4) is 22.0 Å². The van der Waals surface area contributed by atoms with Gasteiger partial charge >= 0.3 is 0 Å². The quantitative estimate of drug-likeness (QED) is 0.682. The van der Waals surface area contributed by atoms with E-state index in [0.29, 0.717) is 25.8 Å². The van der Waals surface area contributed by atoms with E-state index < -0.39 is 0 Å². The Labute approximate surface area is 144 Å². The maximum absolute atomic E-state index is 9.33. The third-order valence-electron chi connectivity index (χ3n) is 2.88. The molecule has 0 radical (unpaired) electrons. The van der Waals surface area contributed by atoms with E-state index in [1.165, 1.54) is 16.0 Å². The average molecular weight is 373 g/mol. The molecule has 4 nitrogen and oxygen atoms in total. The van der Waals surface area contributed by atoms with Gasteiger partial charge in [-0.3, -0.25) is 5.41 Å². The molecule has 3 rings (SSSR count). The van der Waals surface area contributed by atoms with Gasteiger partial charge in [-0.15, -0.1) is 0 Å². The SMILES string of the molecule is N=c1sc(-c2ccc(O)cc2)nn1-c1c(Cl)cc(Cl)cc1Cl. The van der Waals surface area contributed by atoms with Crippen molar-refractivity contribution in [3.05, 3.63) is 56.3 Å². The van der Waals surface area contributed by atoms with Crippen LogP contribution in [0.1, 0.15) is 0 Å². The summed E-state index contributed by atoms with van der Waals surface area (Å²) in [7, 11) is 0. The van der Waals surface area contributed by atoms with Gasteiger partial charge in [-0.1, -0.05) is 46.1 Å². The van der Waals surface area contributed by atoms with Gasteiger partial charge in [0.15, 0.2) is 0 Å². The number of benzene rings is 2. The number of phenols is 1. The first kappa shape index (κ1) is 15.4. The molecular formula is C14H8Cl3N3OS. The van der Waals surface area contributed by atoms with E-state index in [1.54, 1.807) is 36.4 Å². The molecule has 1 heterocycles. The van der Waals surface area contributed by atoms with Crippen molar-refractivity contribution in [3.63, 3.8) is 0 Å². The zero-order chi connectivity index (χ0) is 15.9. The summed E-state index contributed by atoms with van der Waals surface area (Å²) in [5.41, 5.74) is 1.20. The maximum Gasteiger partial charge on any atom is 0.205 e. The van der Waals surface area contributed by atoms with Crippen molar-refractivity contribution >= 4 is 46.1 Å². The molecule has 0 aliphatic rings. The van der Waals surface area contributed by atoms with Crippen molar-refractivity contribution in [2.45, 2.75) is 0 Å². The molecule has 1 aromatic heterocycles. The standard InChI is InChI=1S/C14H8Cl3N3OS/c15-8-5-10(16)12(11(17)6-8)20-14(18)22-13(19-20)7-1-3-9(21)4-2-7/h1-6,18,21H. The summed E-state index contributed by atoms with van der Waals surface area (Å²) in [5.74, 6) is 0.170. The van der Waals surface area contributed by atoms with Crippen LogP contribution in [-0.4, -0.2) is 14.9 Å². The van der Waals surface area contributed by atoms with E-state index in [2.05, 4.69) is 5.10 Å². The molecular weight excluding hydrogens is 365 g/mol. The van der Waals surface area contributed by atoms with Crippen LogP contribution >= 0.6 is 46.1 Å². The number of aromatic nitrogens is 2. The van der Waals surface area contributed by atoms with Gasteiger partial charge < -0.3 is 5.11 Å². The first-order valence-corrected chi connectivity index (χ1v) is 8.00. The molecule has 0 aliphatic carbocycles. The Hall–Kier alpha value is -1.53. The predicted octanol–water partition coefficient (Wildman–Crippen LogP) is 4.75. The van der Waals surface area contributed by atoms with Crippen LogP contribution in [0, 0.1) is 5.41 Å². The molecule has 0 spiro atoms. The lowest BCUT2D eigenvalue weighted by Crippen LogP contribution is -2.13. The second-order valence-electron chi connectivity index (χ2n) is 4.39. The number of nitrogens with zero attached hydrogens (tertiary/aromatic N) is 2. The molecule has 2 N–H and O–H groups in total. The molecule has 112 valence electrons. The van der Waals surface area contributed by atoms with Crippen LogP contribution in [-0.2, 0) is 0 Å². The molecule has 0 unspecified atom stereocenters. The van der Waals surface area contributed by atoms with Crippen molar-refractivity contribution in [1.29, 1.82) is 5.41 Å². The fourth-order valence-electron chi connectivity index (χ4n) is 1.90. The van der Waals surface area contributed by atoms with E-state index in [0.717, 1.165) is 5.56 Å². The molecule has 0 aliphatic heterocycles. The van der Waals surface area contributed by atoms with Crippen LogP contribution < -0.4 is 4.80 Å². The minimum Gasteiger partial charge on any atom is -0.508 e. The number of nitrogens with one attached hydrogen (secondary N) is 1. The predicted molar refractivity (Wildman–Crippen MR) is 89.4 cm³/mol.